The smallest absolute Gasteiger partial charge is 0.407 e. The molecule has 4 amide bonds. The van der Waals surface area contributed by atoms with Gasteiger partial charge in [0.05, 0.1) is 5.60 Å². The van der Waals surface area contributed by atoms with E-state index in [0.717, 1.165) is 0 Å². The number of nitrogens with one attached hydrogen (secondary N) is 4. The predicted molar refractivity (Wildman–Crippen MR) is 175 cm³/mol. The lowest BCUT2D eigenvalue weighted by Gasteiger charge is -2.30. The van der Waals surface area contributed by atoms with Crippen LogP contribution in [0.1, 0.15) is 101 Å². The molecule has 0 saturated heterocycles. The van der Waals surface area contributed by atoms with Gasteiger partial charge in [0.1, 0.15) is 30.9 Å². The fourth-order valence-electron chi connectivity index (χ4n) is 4.07. The maximum absolute atomic E-state index is 12.9. The van der Waals surface area contributed by atoms with Crippen LogP contribution in [0, 0.1) is 5.92 Å². The lowest BCUT2D eigenvalue weighted by atomic mass is 9.98. The first kappa shape index (κ1) is 43.4. The molecule has 0 heterocycles. The van der Waals surface area contributed by atoms with Crippen molar-refractivity contribution in [2.75, 3.05) is 32.9 Å². The number of amides is 4. The van der Waals surface area contributed by atoms with Gasteiger partial charge in [-0.3, -0.25) is 14.4 Å². The molecule has 1 unspecified atom stereocenters. The molecule has 0 saturated carbocycles. The van der Waals surface area contributed by atoms with Crippen LogP contribution in [-0.2, 0) is 33.4 Å². The number of carboxylic acid groups (broad SMARTS) is 1. The van der Waals surface area contributed by atoms with Crippen LogP contribution in [0.4, 0.5) is 4.79 Å². The van der Waals surface area contributed by atoms with Crippen molar-refractivity contribution in [2.45, 2.75) is 130 Å². The molecule has 0 aliphatic carbocycles. The SMILES string of the molecule is CCC(C)(CCNC(=O)COCC(=O)N[C@H](C(=O)N[C@@H](CCCCNC(=O)OC(C)(C)C)C(=O)O)C(C)C)OCCC(C)(C)N=[N+]=[N-]. The fourth-order valence-corrected chi connectivity index (χ4v) is 4.07. The minimum atomic E-state index is -1.22. The lowest BCUT2D eigenvalue weighted by Crippen LogP contribution is -2.54. The topological polar surface area (TPSA) is 230 Å². The van der Waals surface area contributed by atoms with Crippen molar-refractivity contribution in [3.05, 3.63) is 10.4 Å². The van der Waals surface area contributed by atoms with Crippen molar-refractivity contribution in [2.24, 2.45) is 11.0 Å². The van der Waals surface area contributed by atoms with Gasteiger partial charge in [0.15, 0.2) is 0 Å². The van der Waals surface area contributed by atoms with Gasteiger partial charge in [-0.25, -0.2) is 9.59 Å². The number of carbonyl (C=O) groups is 5. The van der Waals surface area contributed by atoms with Crippen molar-refractivity contribution in [3.63, 3.8) is 0 Å². The lowest BCUT2D eigenvalue weighted by molar-refractivity contribution is -0.142. The summed E-state index contributed by atoms with van der Waals surface area (Å²) >= 11 is 0. The van der Waals surface area contributed by atoms with E-state index in [1.807, 2.05) is 27.7 Å². The summed E-state index contributed by atoms with van der Waals surface area (Å²) in [5, 5.41) is 23.7. The summed E-state index contributed by atoms with van der Waals surface area (Å²) in [4.78, 5) is 64.0. The van der Waals surface area contributed by atoms with Gasteiger partial charge in [-0.15, -0.1) is 0 Å². The Labute approximate surface area is 278 Å². The van der Waals surface area contributed by atoms with Gasteiger partial charge in [0, 0.05) is 30.1 Å². The van der Waals surface area contributed by atoms with Gasteiger partial charge in [0.2, 0.25) is 17.7 Å². The summed E-state index contributed by atoms with van der Waals surface area (Å²) < 4.78 is 16.4. The second-order valence-electron chi connectivity index (χ2n) is 13.6. The predicted octanol–water partition coefficient (Wildman–Crippen LogP) is 3.58. The summed E-state index contributed by atoms with van der Waals surface area (Å²) in [5.74, 6) is -3.31. The average Bonchev–Trinajstić information content (AvgIpc) is 2.93. The first-order chi connectivity index (χ1) is 21.7. The van der Waals surface area contributed by atoms with Crippen LogP contribution in [0.25, 0.3) is 10.4 Å². The van der Waals surface area contributed by atoms with E-state index < -0.39 is 65.2 Å². The molecule has 0 aromatic rings. The number of aliphatic carboxylic acids is 1. The number of azide groups is 1. The number of nitrogens with zero attached hydrogens (tertiary/aromatic N) is 3. The number of hydrogen-bond donors (Lipinski definition) is 5. The van der Waals surface area contributed by atoms with Gasteiger partial charge in [-0.1, -0.05) is 39.7 Å². The first-order valence-electron chi connectivity index (χ1n) is 16.1. The number of rotatable bonds is 23. The zero-order chi connectivity index (χ0) is 36.3. The third kappa shape index (κ3) is 21.0. The van der Waals surface area contributed by atoms with Gasteiger partial charge in [-0.2, -0.15) is 0 Å². The van der Waals surface area contributed by atoms with Crippen LogP contribution in [0.3, 0.4) is 0 Å². The molecule has 3 atom stereocenters. The van der Waals surface area contributed by atoms with Gasteiger partial charge >= 0.3 is 12.1 Å². The molecule has 0 aromatic carbocycles. The number of hydrogen-bond acceptors (Lipinski definition) is 9. The molecule has 0 spiro atoms. The van der Waals surface area contributed by atoms with Gasteiger partial charge in [-0.05, 0) is 77.7 Å². The first-order valence-corrected chi connectivity index (χ1v) is 16.1. The number of alkyl carbamates (subject to hydrolysis) is 1. The second kappa shape index (κ2) is 21.3. The van der Waals surface area contributed by atoms with E-state index in [2.05, 4.69) is 31.3 Å². The third-order valence-corrected chi connectivity index (χ3v) is 7.14. The minimum Gasteiger partial charge on any atom is -0.480 e. The van der Waals surface area contributed by atoms with E-state index in [0.29, 0.717) is 45.3 Å². The summed E-state index contributed by atoms with van der Waals surface area (Å²) in [6.45, 7) is 16.3. The van der Waals surface area contributed by atoms with E-state index in [-0.39, 0.29) is 25.5 Å². The van der Waals surface area contributed by atoms with Crippen LogP contribution in [-0.4, -0.2) is 96.6 Å². The second-order valence-corrected chi connectivity index (χ2v) is 13.6. The summed E-state index contributed by atoms with van der Waals surface area (Å²) in [6, 6.07) is -2.22. The molecule has 0 rings (SSSR count). The van der Waals surface area contributed by atoms with Crippen LogP contribution >= 0.6 is 0 Å². The van der Waals surface area contributed by atoms with Crippen LogP contribution in [0.5, 0.6) is 0 Å². The number of carbonyl (C=O) groups excluding carboxylic acids is 4. The summed E-state index contributed by atoms with van der Waals surface area (Å²) in [5.41, 5.74) is 6.97. The van der Waals surface area contributed by atoms with E-state index >= 15 is 0 Å². The normalized spacial score (nSPS) is 14.2. The van der Waals surface area contributed by atoms with Crippen molar-refractivity contribution in [3.8, 4) is 0 Å². The van der Waals surface area contributed by atoms with E-state index in [1.165, 1.54) is 0 Å². The Hall–Kier alpha value is -3.62. The standard InChI is InChI=1S/C31H57N7O9/c1-10-31(9,46-18-15-30(7,8)37-38-32)14-17-33-23(39)19-45-20-24(40)36-25(21(2)3)26(41)35-22(27(42)43)13-11-12-16-34-28(44)47-29(4,5)6/h21-22,25H,10-20H2,1-9H3,(H,33,39)(H,34,44)(H,35,41)(H,36,40)(H,42,43)/t22-,25-,31?/m0/s1. The van der Waals surface area contributed by atoms with Crippen molar-refractivity contribution < 1.29 is 43.3 Å². The van der Waals surface area contributed by atoms with Crippen LogP contribution in [0.15, 0.2) is 5.11 Å². The number of carboxylic acids is 1. The quantitative estimate of drug-likeness (QED) is 0.0462. The third-order valence-electron chi connectivity index (χ3n) is 7.14. The molecular formula is C31H57N7O9. The Morgan fingerprint density at radius 2 is 1.53 bits per heavy atom. The van der Waals surface area contributed by atoms with Crippen molar-refractivity contribution >= 4 is 29.8 Å². The largest absolute Gasteiger partial charge is 0.480 e. The molecule has 0 aliphatic heterocycles. The number of unbranched alkanes of at least 4 members (excludes halogenated alkanes) is 1. The molecule has 0 radical (unpaired) electrons. The molecule has 0 fully saturated rings. The van der Waals surface area contributed by atoms with E-state index in [1.54, 1.807) is 34.6 Å². The van der Waals surface area contributed by atoms with Crippen molar-refractivity contribution in [1.29, 1.82) is 0 Å². The summed E-state index contributed by atoms with van der Waals surface area (Å²) in [6.07, 6.45) is 2.21. The molecule has 0 aliphatic rings. The Morgan fingerprint density at radius 3 is 2.09 bits per heavy atom. The molecule has 0 aromatic heterocycles. The molecule has 16 heteroatoms. The molecular weight excluding hydrogens is 614 g/mol. The summed E-state index contributed by atoms with van der Waals surface area (Å²) in [7, 11) is 0. The average molecular weight is 672 g/mol. The highest BCUT2D eigenvalue weighted by atomic mass is 16.6. The Balaban J connectivity index is 4.62. The molecule has 5 N–H and O–H groups in total. The highest BCUT2D eigenvalue weighted by Gasteiger charge is 2.29. The maximum atomic E-state index is 12.9. The number of ether oxygens (including phenoxy) is 3. The molecule has 47 heavy (non-hydrogen) atoms. The fraction of sp³-hybridized carbons (Fsp3) is 0.839. The van der Waals surface area contributed by atoms with E-state index in [4.69, 9.17) is 19.7 Å². The monoisotopic (exact) mass is 671 g/mol. The van der Waals surface area contributed by atoms with Crippen LogP contribution in [0.2, 0.25) is 0 Å². The zero-order valence-corrected chi connectivity index (χ0v) is 29.6. The molecule has 16 nitrogen and oxygen atoms in total. The Morgan fingerprint density at radius 1 is 0.894 bits per heavy atom. The highest BCUT2D eigenvalue weighted by Crippen LogP contribution is 2.22. The molecule has 270 valence electrons. The van der Waals surface area contributed by atoms with E-state index in [9.17, 15) is 29.1 Å². The Bertz CT molecular complexity index is 1070. The van der Waals surface area contributed by atoms with Crippen LogP contribution < -0.4 is 21.3 Å². The zero-order valence-electron chi connectivity index (χ0n) is 29.6. The van der Waals surface area contributed by atoms with Gasteiger partial charge < -0.3 is 40.6 Å². The molecule has 0 bridgehead atoms. The maximum Gasteiger partial charge on any atom is 0.407 e. The Kier molecular flexibility index (Phi) is 19.7. The minimum absolute atomic E-state index is 0.118. The van der Waals surface area contributed by atoms with Crippen molar-refractivity contribution in [1.82, 2.24) is 21.3 Å². The highest BCUT2D eigenvalue weighted by molar-refractivity contribution is 5.91. The van der Waals surface area contributed by atoms with Gasteiger partial charge in [0.25, 0.3) is 0 Å².